The molecule has 8 heteroatoms. The summed E-state index contributed by atoms with van der Waals surface area (Å²) >= 11 is 0. The standard InChI is InChI=1S/C26H28N4O4/c31-25(24-28-27-23(33-24)19-6-2-1-3-7-19)29-16-22(17-29)32-20-8-10-21(11-9-20)34-30-15-14-26(18-30)12-4-5-13-26/h1-3,6-11,22H,4-5,12-18H2. The van der Waals surface area contributed by atoms with E-state index in [1.54, 1.807) is 4.90 Å². The lowest BCUT2D eigenvalue weighted by Gasteiger charge is -2.38. The van der Waals surface area contributed by atoms with Gasteiger partial charge in [0.25, 0.3) is 0 Å². The fraction of sp³-hybridized carbons (Fsp3) is 0.423. The molecule has 0 bridgehead atoms. The van der Waals surface area contributed by atoms with Crippen LogP contribution in [-0.4, -0.2) is 58.4 Å². The van der Waals surface area contributed by atoms with E-state index in [-0.39, 0.29) is 17.9 Å². The molecule has 0 radical (unpaired) electrons. The first-order chi connectivity index (χ1) is 16.7. The summed E-state index contributed by atoms with van der Waals surface area (Å²) in [5.41, 5.74) is 1.27. The number of amides is 1. The molecule has 6 rings (SSSR count). The van der Waals surface area contributed by atoms with Gasteiger partial charge in [0, 0.05) is 18.7 Å². The van der Waals surface area contributed by atoms with E-state index in [9.17, 15) is 4.79 Å². The highest BCUT2D eigenvalue weighted by atomic mass is 16.7. The van der Waals surface area contributed by atoms with Gasteiger partial charge >= 0.3 is 11.8 Å². The van der Waals surface area contributed by atoms with Gasteiger partial charge in [0.05, 0.1) is 13.1 Å². The van der Waals surface area contributed by atoms with E-state index in [4.69, 9.17) is 14.0 Å². The van der Waals surface area contributed by atoms with E-state index in [0.29, 0.717) is 24.4 Å². The number of likely N-dealkylation sites (tertiary alicyclic amines) is 1. The maximum Gasteiger partial charge on any atom is 0.311 e. The highest BCUT2D eigenvalue weighted by molar-refractivity contribution is 5.90. The van der Waals surface area contributed by atoms with Crippen molar-refractivity contribution in [2.75, 3.05) is 26.2 Å². The van der Waals surface area contributed by atoms with Gasteiger partial charge in [0.2, 0.25) is 5.89 Å². The fourth-order valence-electron chi connectivity index (χ4n) is 5.25. The molecule has 1 aliphatic carbocycles. The van der Waals surface area contributed by atoms with Gasteiger partial charge in [-0.2, -0.15) is 0 Å². The van der Waals surface area contributed by atoms with E-state index in [1.165, 1.54) is 32.1 Å². The van der Waals surface area contributed by atoms with Gasteiger partial charge in [0.15, 0.2) is 0 Å². The number of hydroxylamine groups is 2. The predicted molar refractivity (Wildman–Crippen MR) is 124 cm³/mol. The van der Waals surface area contributed by atoms with Crippen molar-refractivity contribution in [3.8, 4) is 23.0 Å². The number of carbonyl (C=O) groups is 1. The van der Waals surface area contributed by atoms with Gasteiger partial charge in [-0.25, -0.2) is 0 Å². The van der Waals surface area contributed by atoms with Crippen LogP contribution in [0.4, 0.5) is 0 Å². The molecule has 0 atom stereocenters. The topological polar surface area (TPSA) is 80.9 Å². The minimum absolute atomic E-state index is 0.0000937. The SMILES string of the molecule is O=C(c1nnc(-c2ccccc2)o1)N1CC(Oc2ccc(ON3CCC4(CCCC4)C3)cc2)C1. The van der Waals surface area contributed by atoms with Crippen LogP contribution in [0.3, 0.4) is 0 Å². The summed E-state index contributed by atoms with van der Waals surface area (Å²) in [4.78, 5) is 20.4. The summed E-state index contributed by atoms with van der Waals surface area (Å²) in [6.07, 6.45) is 6.56. The minimum atomic E-state index is -0.274. The number of rotatable bonds is 6. The van der Waals surface area contributed by atoms with Crippen molar-refractivity contribution in [1.29, 1.82) is 0 Å². The largest absolute Gasteiger partial charge is 0.487 e. The molecule has 1 amide bonds. The average Bonchev–Trinajstić information content (AvgIpc) is 3.60. The second-order valence-electron chi connectivity index (χ2n) is 9.61. The maximum atomic E-state index is 12.6. The Hall–Kier alpha value is -3.39. The van der Waals surface area contributed by atoms with Crippen molar-refractivity contribution >= 4 is 5.91 Å². The Labute approximate surface area is 198 Å². The second kappa shape index (κ2) is 8.76. The molecule has 2 saturated heterocycles. The Morgan fingerprint density at radius 3 is 2.44 bits per heavy atom. The minimum Gasteiger partial charge on any atom is -0.487 e. The Morgan fingerprint density at radius 2 is 1.68 bits per heavy atom. The van der Waals surface area contributed by atoms with Crippen LogP contribution in [0.5, 0.6) is 11.5 Å². The zero-order chi connectivity index (χ0) is 23.0. The number of hydrogen-bond donors (Lipinski definition) is 0. The molecule has 1 spiro atoms. The summed E-state index contributed by atoms with van der Waals surface area (Å²) in [7, 11) is 0. The summed E-state index contributed by atoms with van der Waals surface area (Å²) in [5.74, 6) is 1.66. The molecule has 2 aliphatic heterocycles. The molecule has 3 aliphatic rings. The van der Waals surface area contributed by atoms with Crippen LogP contribution in [0.1, 0.15) is 42.8 Å². The van der Waals surface area contributed by atoms with Gasteiger partial charge in [-0.3, -0.25) is 4.79 Å². The van der Waals surface area contributed by atoms with Crippen molar-refractivity contribution in [2.24, 2.45) is 5.41 Å². The fourth-order valence-corrected chi connectivity index (χ4v) is 5.25. The summed E-state index contributed by atoms with van der Waals surface area (Å²) in [6.45, 7) is 2.99. The lowest BCUT2D eigenvalue weighted by atomic mass is 9.86. The first-order valence-electron chi connectivity index (χ1n) is 12.0. The van der Waals surface area contributed by atoms with E-state index in [2.05, 4.69) is 15.3 Å². The molecular weight excluding hydrogens is 432 g/mol. The van der Waals surface area contributed by atoms with Gasteiger partial charge in [0.1, 0.15) is 17.6 Å². The quantitative estimate of drug-likeness (QED) is 0.545. The predicted octanol–water partition coefficient (Wildman–Crippen LogP) is 4.20. The molecule has 34 heavy (non-hydrogen) atoms. The molecule has 3 heterocycles. The van der Waals surface area contributed by atoms with Crippen molar-refractivity contribution in [2.45, 2.75) is 38.2 Å². The summed E-state index contributed by atoms with van der Waals surface area (Å²) in [6, 6.07) is 17.1. The number of carbonyl (C=O) groups excluding carboxylic acids is 1. The molecule has 3 fully saturated rings. The maximum absolute atomic E-state index is 12.6. The van der Waals surface area contributed by atoms with Crippen molar-refractivity contribution in [1.82, 2.24) is 20.2 Å². The summed E-state index contributed by atoms with van der Waals surface area (Å²) in [5, 5.41) is 10.0. The van der Waals surface area contributed by atoms with Crippen LogP contribution >= 0.6 is 0 Å². The molecule has 0 N–H and O–H groups in total. The lowest BCUT2D eigenvalue weighted by Crippen LogP contribution is -2.56. The van der Waals surface area contributed by atoms with Gasteiger partial charge < -0.3 is 18.9 Å². The van der Waals surface area contributed by atoms with E-state index < -0.39 is 0 Å². The number of hydrogen-bond acceptors (Lipinski definition) is 7. The Morgan fingerprint density at radius 1 is 0.941 bits per heavy atom. The highest BCUT2D eigenvalue weighted by Crippen LogP contribution is 2.45. The van der Waals surface area contributed by atoms with Crippen LogP contribution in [0.25, 0.3) is 11.5 Å². The van der Waals surface area contributed by atoms with E-state index >= 15 is 0 Å². The van der Waals surface area contributed by atoms with Crippen LogP contribution in [-0.2, 0) is 0 Å². The third-order valence-corrected chi connectivity index (χ3v) is 7.19. The van der Waals surface area contributed by atoms with Crippen LogP contribution < -0.4 is 9.57 Å². The first kappa shape index (κ1) is 21.2. The van der Waals surface area contributed by atoms with E-state index in [0.717, 1.165) is 30.2 Å². The number of ether oxygens (including phenoxy) is 1. The molecule has 3 aromatic rings. The van der Waals surface area contributed by atoms with Gasteiger partial charge in [-0.05, 0) is 61.1 Å². The third-order valence-electron chi connectivity index (χ3n) is 7.19. The monoisotopic (exact) mass is 460 g/mol. The van der Waals surface area contributed by atoms with Crippen molar-refractivity contribution < 1.29 is 18.8 Å². The zero-order valence-electron chi connectivity index (χ0n) is 19.1. The van der Waals surface area contributed by atoms with Crippen LogP contribution in [0.2, 0.25) is 0 Å². The van der Waals surface area contributed by atoms with Crippen LogP contribution in [0.15, 0.2) is 59.0 Å². The molecular formula is C26H28N4O4. The Kier molecular flexibility index (Phi) is 5.45. The molecule has 0 unspecified atom stereocenters. The normalized spacial score (nSPS) is 19.9. The number of nitrogens with zero attached hydrogens (tertiary/aromatic N) is 4. The molecule has 1 saturated carbocycles. The van der Waals surface area contributed by atoms with Crippen molar-refractivity contribution in [3.63, 3.8) is 0 Å². The average molecular weight is 461 g/mol. The zero-order valence-corrected chi connectivity index (χ0v) is 19.1. The Bertz CT molecular complexity index is 1140. The highest BCUT2D eigenvalue weighted by Gasteiger charge is 2.41. The summed E-state index contributed by atoms with van der Waals surface area (Å²) < 4.78 is 11.6. The van der Waals surface area contributed by atoms with Gasteiger partial charge in [-0.15, -0.1) is 15.3 Å². The van der Waals surface area contributed by atoms with Crippen molar-refractivity contribution in [3.05, 3.63) is 60.5 Å². The molecule has 8 nitrogen and oxygen atoms in total. The second-order valence-corrected chi connectivity index (χ2v) is 9.61. The number of benzene rings is 2. The molecule has 176 valence electrons. The first-order valence-corrected chi connectivity index (χ1v) is 12.0. The van der Waals surface area contributed by atoms with Gasteiger partial charge in [-0.1, -0.05) is 31.0 Å². The molecule has 2 aromatic carbocycles. The Balaban J connectivity index is 0.980. The van der Waals surface area contributed by atoms with Crippen LogP contribution in [0, 0.1) is 5.41 Å². The lowest BCUT2D eigenvalue weighted by molar-refractivity contribution is -0.0448. The smallest absolute Gasteiger partial charge is 0.311 e. The molecule has 1 aromatic heterocycles. The third kappa shape index (κ3) is 4.25. The van der Waals surface area contributed by atoms with E-state index in [1.807, 2.05) is 54.6 Å². The number of aromatic nitrogens is 2.